The molecule has 0 bridgehead atoms. The van der Waals surface area contributed by atoms with E-state index < -0.39 is 0 Å². The van der Waals surface area contributed by atoms with Gasteiger partial charge in [0.05, 0.1) is 0 Å². The zero-order valence-corrected chi connectivity index (χ0v) is 13.6. The molecule has 0 fully saturated rings. The SMILES string of the molecule is CCCCCCc1ccc2c(c1CCCCCC)N=N[N]2. The van der Waals surface area contributed by atoms with Crippen molar-refractivity contribution in [3.63, 3.8) is 0 Å². The minimum atomic E-state index is 0.956. The first-order valence-electron chi connectivity index (χ1n) is 8.63. The van der Waals surface area contributed by atoms with Gasteiger partial charge in [-0.15, -0.1) is 10.5 Å². The highest BCUT2D eigenvalue weighted by Crippen LogP contribution is 2.37. The lowest BCUT2D eigenvalue weighted by Crippen LogP contribution is -1.97. The van der Waals surface area contributed by atoms with Crippen LogP contribution in [0.4, 0.5) is 11.4 Å². The number of aryl methyl sites for hydroxylation is 1. The fourth-order valence-electron chi connectivity index (χ4n) is 2.96. The fraction of sp³-hybridized carbons (Fsp3) is 0.667. The van der Waals surface area contributed by atoms with Crippen LogP contribution in [0.1, 0.15) is 76.3 Å². The Kier molecular flexibility index (Phi) is 6.71. The van der Waals surface area contributed by atoms with Crippen molar-refractivity contribution in [3.05, 3.63) is 23.3 Å². The molecule has 0 spiro atoms. The van der Waals surface area contributed by atoms with Gasteiger partial charge in [-0.1, -0.05) is 58.4 Å². The van der Waals surface area contributed by atoms with E-state index in [2.05, 4.69) is 41.7 Å². The van der Waals surface area contributed by atoms with E-state index in [-0.39, 0.29) is 0 Å². The quantitative estimate of drug-likeness (QED) is 0.461. The predicted octanol–water partition coefficient (Wildman–Crippen LogP) is 6.18. The largest absolute Gasteiger partial charge is 0.128 e. The van der Waals surface area contributed by atoms with E-state index >= 15 is 0 Å². The van der Waals surface area contributed by atoms with Crippen molar-refractivity contribution in [2.75, 3.05) is 0 Å². The lowest BCUT2D eigenvalue weighted by molar-refractivity contribution is 0.651. The minimum Gasteiger partial charge on any atom is -0.128 e. The maximum atomic E-state index is 4.26. The minimum absolute atomic E-state index is 0.956. The molecule has 0 amide bonds. The third-order valence-corrected chi connectivity index (χ3v) is 4.24. The molecule has 1 radical (unpaired) electrons. The lowest BCUT2D eigenvalue weighted by atomic mass is 9.94. The molecule has 1 aromatic carbocycles. The summed E-state index contributed by atoms with van der Waals surface area (Å²) in [6.45, 7) is 4.52. The first-order valence-corrected chi connectivity index (χ1v) is 8.63. The number of fused-ring (bicyclic) bond motifs is 1. The van der Waals surface area contributed by atoms with Crippen molar-refractivity contribution < 1.29 is 0 Å². The topological polar surface area (TPSA) is 38.8 Å². The maximum Gasteiger partial charge on any atom is 0.119 e. The van der Waals surface area contributed by atoms with Crippen LogP contribution in [0, 0.1) is 0 Å². The van der Waals surface area contributed by atoms with Crippen LogP contribution >= 0.6 is 0 Å². The number of hydrogen-bond donors (Lipinski definition) is 0. The Labute approximate surface area is 129 Å². The normalized spacial score (nSPS) is 12.5. The Morgan fingerprint density at radius 1 is 0.810 bits per heavy atom. The number of rotatable bonds is 10. The molecule has 0 unspecified atom stereocenters. The Bertz CT molecular complexity index is 466. The molecule has 0 N–H and O–H groups in total. The second-order valence-electron chi connectivity index (χ2n) is 5.98. The molecule has 3 heteroatoms. The fourth-order valence-corrected chi connectivity index (χ4v) is 2.96. The molecule has 0 aliphatic carbocycles. The van der Waals surface area contributed by atoms with Gasteiger partial charge in [-0.25, -0.2) is 0 Å². The summed E-state index contributed by atoms with van der Waals surface area (Å²) < 4.78 is 0. The van der Waals surface area contributed by atoms with Crippen molar-refractivity contribution in [1.82, 2.24) is 5.43 Å². The number of unbranched alkanes of at least 4 members (excludes halogenated alkanes) is 6. The summed E-state index contributed by atoms with van der Waals surface area (Å²) in [7, 11) is 0. The Balaban J connectivity index is 2.02. The zero-order chi connectivity index (χ0) is 14.9. The Hall–Kier alpha value is -1.38. The molecule has 1 aliphatic rings. The molecule has 115 valence electrons. The zero-order valence-electron chi connectivity index (χ0n) is 13.6. The molecule has 21 heavy (non-hydrogen) atoms. The standard InChI is InChI=1S/C18H28N3/c1-3-5-7-9-11-15-13-14-17-18(20-21-19-17)16(15)12-10-8-6-4-2/h13-14H,3-12H2,1-2H3. The smallest absolute Gasteiger partial charge is 0.119 e. The average molecular weight is 286 g/mol. The van der Waals surface area contributed by atoms with E-state index in [1.807, 2.05) is 0 Å². The molecule has 0 saturated heterocycles. The van der Waals surface area contributed by atoms with Gasteiger partial charge >= 0.3 is 0 Å². The van der Waals surface area contributed by atoms with Gasteiger partial charge in [0.1, 0.15) is 11.4 Å². The van der Waals surface area contributed by atoms with Crippen LogP contribution in [0.5, 0.6) is 0 Å². The van der Waals surface area contributed by atoms with Crippen molar-refractivity contribution >= 4 is 11.4 Å². The van der Waals surface area contributed by atoms with Gasteiger partial charge in [-0.2, -0.15) is 0 Å². The summed E-state index contributed by atoms with van der Waals surface area (Å²) in [5.41, 5.74) is 8.99. The summed E-state index contributed by atoms with van der Waals surface area (Å²) in [5, 5.41) is 8.12. The van der Waals surface area contributed by atoms with Crippen LogP contribution < -0.4 is 5.43 Å². The lowest BCUT2D eigenvalue weighted by Gasteiger charge is -2.12. The van der Waals surface area contributed by atoms with Crippen LogP contribution in [-0.4, -0.2) is 0 Å². The molecule has 2 rings (SSSR count). The molecule has 1 heterocycles. The summed E-state index contributed by atoms with van der Waals surface area (Å²) in [4.78, 5) is 0. The van der Waals surface area contributed by atoms with Gasteiger partial charge in [0.2, 0.25) is 0 Å². The number of nitrogens with zero attached hydrogens (tertiary/aromatic N) is 3. The summed E-state index contributed by atoms with van der Waals surface area (Å²) in [6, 6.07) is 4.33. The van der Waals surface area contributed by atoms with Gasteiger partial charge in [-0.05, 0) is 48.1 Å². The van der Waals surface area contributed by atoms with Crippen molar-refractivity contribution in [2.24, 2.45) is 10.3 Å². The molecular formula is C18H28N3. The van der Waals surface area contributed by atoms with Crippen LogP contribution in [0.2, 0.25) is 0 Å². The monoisotopic (exact) mass is 286 g/mol. The van der Waals surface area contributed by atoms with Gasteiger partial charge in [0.25, 0.3) is 0 Å². The molecule has 1 aromatic rings. The number of benzene rings is 1. The summed E-state index contributed by atoms with van der Waals surface area (Å²) >= 11 is 0. The van der Waals surface area contributed by atoms with Crippen LogP contribution in [0.3, 0.4) is 0 Å². The highest BCUT2D eigenvalue weighted by Gasteiger charge is 2.17. The van der Waals surface area contributed by atoms with Gasteiger partial charge in [-0.3, -0.25) is 0 Å². The first kappa shape index (κ1) is 16.0. The van der Waals surface area contributed by atoms with Gasteiger partial charge in [0.15, 0.2) is 0 Å². The predicted molar refractivity (Wildman–Crippen MR) is 88.4 cm³/mol. The van der Waals surface area contributed by atoms with Crippen LogP contribution in [0.15, 0.2) is 22.5 Å². The van der Waals surface area contributed by atoms with E-state index in [1.54, 1.807) is 0 Å². The van der Waals surface area contributed by atoms with E-state index in [0.717, 1.165) is 17.8 Å². The summed E-state index contributed by atoms with van der Waals surface area (Å²) in [6.07, 6.45) is 12.7. The second kappa shape index (κ2) is 8.81. The van der Waals surface area contributed by atoms with Crippen LogP contribution in [0.25, 0.3) is 0 Å². The second-order valence-corrected chi connectivity index (χ2v) is 5.98. The van der Waals surface area contributed by atoms with Gasteiger partial charge in [0, 0.05) is 0 Å². The third-order valence-electron chi connectivity index (χ3n) is 4.24. The van der Waals surface area contributed by atoms with E-state index in [0.29, 0.717) is 0 Å². The molecule has 3 nitrogen and oxygen atoms in total. The molecule has 0 aromatic heterocycles. The Morgan fingerprint density at radius 3 is 2.24 bits per heavy atom. The molecule has 1 aliphatic heterocycles. The van der Waals surface area contributed by atoms with Crippen molar-refractivity contribution in [2.45, 2.75) is 78.1 Å². The maximum absolute atomic E-state index is 4.26. The highest BCUT2D eigenvalue weighted by molar-refractivity contribution is 5.68. The van der Waals surface area contributed by atoms with Crippen molar-refractivity contribution in [3.8, 4) is 0 Å². The third kappa shape index (κ3) is 4.55. The molecular weight excluding hydrogens is 258 g/mol. The van der Waals surface area contributed by atoms with E-state index in [9.17, 15) is 0 Å². The molecule has 0 atom stereocenters. The summed E-state index contributed by atoms with van der Waals surface area (Å²) in [5.74, 6) is 0. The highest BCUT2D eigenvalue weighted by atomic mass is 15.5. The molecule has 0 saturated carbocycles. The Morgan fingerprint density at radius 2 is 1.52 bits per heavy atom. The van der Waals surface area contributed by atoms with Crippen molar-refractivity contribution in [1.29, 1.82) is 0 Å². The number of hydrogen-bond acceptors (Lipinski definition) is 2. The van der Waals surface area contributed by atoms with Gasteiger partial charge < -0.3 is 0 Å². The first-order chi connectivity index (χ1) is 10.4. The van der Waals surface area contributed by atoms with Crippen LogP contribution in [-0.2, 0) is 12.8 Å². The van der Waals surface area contributed by atoms with E-state index in [1.165, 1.54) is 68.9 Å². The van der Waals surface area contributed by atoms with E-state index in [4.69, 9.17) is 0 Å². The average Bonchev–Trinajstić information content (AvgIpc) is 2.97.